The summed E-state index contributed by atoms with van der Waals surface area (Å²) in [5, 5.41) is 4.28. The zero-order valence-corrected chi connectivity index (χ0v) is 11.1. The molecule has 1 aromatic carbocycles. The van der Waals surface area contributed by atoms with E-state index in [4.69, 9.17) is 11.6 Å². The number of anilines is 1. The van der Waals surface area contributed by atoms with Gasteiger partial charge in [-0.15, -0.1) is 0 Å². The van der Waals surface area contributed by atoms with E-state index in [2.05, 4.69) is 38.2 Å². The molecular weight excluding hydrogens is 218 g/mol. The summed E-state index contributed by atoms with van der Waals surface area (Å²) in [6.45, 7) is 7.94. The second-order valence-corrected chi connectivity index (χ2v) is 6.29. The number of hydrogen-bond donors (Lipinski definition) is 1. The number of hydrogen-bond acceptors (Lipinski definition) is 1. The number of fused-ring (bicyclic) bond motifs is 1. The average molecular weight is 238 g/mol. The van der Waals surface area contributed by atoms with Gasteiger partial charge < -0.3 is 5.32 Å². The first-order chi connectivity index (χ1) is 7.47. The quantitative estimate of drug-likeness (QED) is 0.788. The highest BCUT2D eigenvalue weighted by Crippen LogP contribution is 2.40. The lowest BCUT2D eigenvalue weighted by Gasteiger charge is -2.20. The molecule has 1 nitrogen and oxygen atoms in total. The SMILES string of the molecule is CC(C)(C)CCC1CNc2c(Cl)cccc21. The molecule has 0 saturated heterocycles. The third-order valence-corrected chi connectivity index (χ3v) is 3.57. The largest absolute Gasteiger partial charge is 0.383 e. The fraction of sp³-hybridized carbons (Fsp3) is 0.571. The summed E-state index contributed by atoms with van der Waals surface area (Å²) in [5.41, 5.74) is 2.97. The number of benzene rings is 1. The van der Waals surface area contributed by atoms with Crippen molar-refractivity contribution >= 4 is 17.3 Å². The first-order valence-electron chi connectivity index (χ1n) is 6.00. The normalized spacial score (nSPS) is 19.4. The van der Waals surface area contributed by atoms with Crippen molar-refractivity contribution in [1.82, 2.24) is 0 Å². The van der Waals surface area contributed by atoms with E-state index in [1.165, 1.54) is 18.4 Å². The van der Waals surface area contributed by atoms with Crippen molar-refractivity contribution in [2.24, 2.45) is 5.41 Å². The van der Waals surface area contributed by atoms with E-state index in [0.717, 1.165) is 17.3 Å². The van der Waals surface area contributed by atoms with Gasteiger partial charge in [0.1, 0.15) is 0 Å². The zero-order valence-electron chi connectivity index (χ0n) is 10.3. The van der Waals surface area contributed by atoms with Crippen LogP contribution in [-0.4, -0.2) is 6.54 Å². The average Bonchev–Trinajstić information content (AvgIpc) is 2.58. The van der Waals surface area contributed by atoms with Gasteiger partial charge in [0.2, 0.25) is 0 Å². The monoisotopic (exact) mass is 237 g/mol. The van der Waals surface area contributed by atoms with Crippen molar-refractivity contribution in [3.8, 4) is 0 Å². The number of halogens is 1. The molecule has 1 aliphatic heterocycles. The zero-order chi connectivity index (χ0) is 11.8. The van der Waals surface area contributed by atoms with Gasteiger partial charge in [-0.25, -0.2) is 0 Å². The molecule has 1 atom stereocenters. The number of rotatable bonds is 2. The highest BCUT2D eigenvalue weighted by Gasteiger charge is 2.25. The molecular formula is C14H20ClN. The molecule has 1 aliphatic rings. The minimum atomic E-state index is 0.418. The van der Waals surface area contributed by atoms with Gasteiger partial charge >= 0.3 is 0 Å². The highest BCUT2D eigenvalue weighted by atomic mass is 35.5. The van der Waals surface area contributed by atoms with Crippen molar-refractivity contribution in [3.05, 3.63) is 28.8 Å². The van der Waals surface area contributed by atoms with E-state index in [0.29, 0.717) is 11.3 Å². The molecule has 0 bridgehead atoms. The van der Waals surface area contributed by atoms with Crippen LogP contribution >= 0.6 is 11.6 Å². The van der Waals surface area contributed by atoms with E-state index < -0.39 is 0 Å². The molecule has 1 N–H and O–H groups in total. The van der Waals surface area contributed by atoms with E-state index in [9.17, 15) is 0 Å². The Morgan fingerprint density at radius 1 is 1.38 bits per heavy atom. The molecule has 1 heterocycles. The third-order valence-electron chi connectivity index (χ3n) is 3.25. The van der Waals surface area contributed by atoms with Crippen molar-refractivity contribution in [2.75, 3.05) is 11.9 Å². The van der Waals surface area contributed by atoms with Crippen LogP contribution in [-0.2, 0) is 0 Å². The molecule has 0 fully saturated rings. The van der Waals surface area contributed by atoms with Crippen LogP contribution in [0.3, 0.4) is 0 Å². The predicted octanol–water partition coefficient (Wildman–Crippen LogP) is 4.68. The lowest BCUT2D eigenvalue weighted by atomic mass is 9.85. The second-order valence-electron chi connectivity index (χ2n) is 5.88. The lowest BCUT2D eigenvalue weighted by Crippen LogP contribution is -2.09. The molecule has 88 valence electrons. The van der Waals surface area contributed by atoms with E-state index >= 15 is 0 Å². The first-order valence-corrected chi connectivity index (χ1v) is 6.37. The smallest absolute Gasteiger partial charge is 0.0640 e. The predicted molar refractivity (Wildman–Crippen MR) is 71.4 cm³/mol. The maximum atomic E-state index is 6.16. The third kappa shape index (κ3) is 2.52. The van der Waals surface area contributed by atoms with Gasteiger partial charge in [0.15, 0.2) is 0 Å². The second kappa shape index (κ2) is 4.29. The fourth-order valence-corrected chi connectivity index (χ4v) is 2.52. The summed E-state index contributed by atoms with van der Waals surface area (Å²) >= 11 is 6.16. The van der Waals surface area contributed by atoms with Crippen LogP contribution in [0.5, 0.6) is 0 Å². The first kappa shape index (κ1) is 11.8. The Morgan fingerprint density at radius 2 is 2.12 bits per heavy atom. The maximum Gasteiger partial charge on any atom is 0.0640 e. The maximum absolute atomic E-state index is 6.16. The number of nitrogens with one attached hydrogen (secondary N) is 1. The summed E-state index contributed by atoms with van der Waals surface area (Å²) in [5.74, 6) is 0.632. The van der Waals surface area contributed by atoms with Crippen molar-refractivity contribution in [1.29, 1.82) is 0 Å². The van der Waals surface area contributed by atoms with E-state index in [1.54, 1.807) is 0 Å². The summed E-state index contributed by atoms with van der Waals surface area (Å²) in [6.07, 6.45) is 2.50. The molecule has 2 rings (SSSR count). The van der Waals surface area contributed by atoms with Crippen molar-refractivity contribution < 1.29 is 0 Å². The van der Waals surface area contributed by atoms with Crippen LogP contribution in [0, 0.1) is 5.41 Å². The van der Waals surface area contributed by atoms with Crippen molar-refractivity contribution in [2.45, 2.75) is 39.5 Å². The van der Waals surface area contributed by atoms with Gasteiger partial charge in [-0.1, -0.05) is 44.5 Å². The molecule has 0 aromatic heterocycles. The van der Waals surface area contributed by atoms with Crippen LogP contribution in [0.4, 0.5) is 5.69 Å². The Kier molecular flexibility index (Phi) is 3.16. The topological polar surface area (TPSA) is 12.0 Å². The Labute approximate surface area is 103 Å². The molecule has 0 aliphatic carbocycles. The highest BCUT2D eigenvalue weighted by molar-refractivity contribution is 6.33. The molecule has 0 spiro atoms. The molecule has 1 unspecified atom stereocenters. The Hall–Kier alpha value is -0.690. The minimum Gasteiger partial charge on any atom is -0.383 e. The molecule has 0 amide bonds. The Balaban J connectivity index is 2.09. The van der Waals surface area contributed by atoms with E-state index in [1.807, 2.05) is 6.07 Å². The summed E-state index contributed by atoms with van der Waals surface area (Å²) in [4.78, 5) is 0. The summed E-state index contributed by atoms with van der Waals surface area (Å²) in [6, 6.07) is 6.21. The molecule has 0 saturated carbocycles. The van der Waals surface area contributed by atoms with Crippen molar-refractivity contribution in [3.63, 3.8) is 0 Å². The Bertz CT molecular complexity index is 379. The van der Waals surface area contributed by atoms with Gasteiger partial charge in [0, 0.05) is 12.5 Å². The van der Waals surface area contributed by atoms with Gasteiger partial charge in [-0.2, -0.15) is 0 Å². The summed E-state index contributed by atoms with van der Waals surface area (Å²) < 4.78 is 0. The van der Waals surface area contributed by atoms with Crippen LogP contribution in [0.2, 0.25) is 5.02 Å². The fourth-order valence-electron chi connectivity index (χ4n) is 2.27. The van der Waals surface area contributed by atoms with Crippen LogP contribution in [0.15, 0.2) is 18.2 Å². The van der Waals surface area contributed by atoms with Gasteiger partial charge in [0.25, 0.3) is 0 Å². The van der Waals surface area contributed by atoms with E-state index in [-0.39, 0.29) is 0 Å². The molecule has 16 heavy (non-hydrogen) atoms. The number of para-hydroxylation sites is 1. The van der Waals surface area contributed by atoms with Crippen LogP contribution < -0.4 is 5.32 Å². The molecule has 2 heteroatoms. The minimum absolute atomic E-state index is 0.418. The van der Waals surface area contributed by atoms with Gasteiger partial charge in [0.05, 0.1) is 10.7 Å². The molecule has 0 radical (unpaired) electrons. The van der Waals surface area contributed by atoms with Gasteiger partial charge in [-0.3, -0.25) is 0 Å². The van der Waals surface area contributed by atoms with Crippen LogP contribution in [0.25, 0.3) is 0 Å². The Morgan fingerprint density at radius 3 is 2.81 bits per heavy atom. The van der Waals surface area contributed by atoms with Gasteiger partial charge in [-0.05, 0) is 29.9 Å². The lowest BCUT2D eigenvalue weighted by molar-refractivity contribution is 0.352. The van der Waals surface area contributed by atoms with Crippen LogP contribution in [0.1, 0.15) is 45.1 Å². The standard InChI is InChI=1S/C14H20ClN/c1-14(2,3)8-7-10-9-16-13-11(10)5-4-6-12(13)15/h4-6,10,16H,7-9H2,1-3H3. The molecule has 1 aromatic rings. The summed E-state index contributed by atoms with van der Waals surface area (Å²) in [7, 11) is 0.